The molecule has 250 valence electrons. The van der Waals surface area contributed by atoms with Gasteiger partial charge in [0.2, 0.25) is 0 Å². The molecule has 0 aliphatic heterocycles. The first-order chi connectivity index (χ1) is 21.9. The molecule has 2 fully saturated rings. The molecule has 0 saturated heterocycles. The third kappa shape index (κ3) is 8.37. The Balaban J connectivity index is 1.54. The number of benzene rings is 2. The van der Waals surface area contributed by atoms with Crippen LogP contribution >= 0.6 is 69.6 Å². The fourth-order valence-electron chi connectivity index (χ4n) is 6.24. The smallest absolute Gasteiger partial charge is 0.423 e. The Morgan fingerprint density at radius 1 is 0.587 bits per heavy atom. The molecule has 14 heteroatoms. The van der Waals surface area contributed by atoms with Gasteiger partial charge in [-0.25, -0.2) is 19.2 Å². The Hall–Kier alpha value is -1.94. The zero-order valence-electron chi connectivity index (χ0n) is 25.1. The lowest BCUT2D eigenvalue weighted by Gasteiger charge is -2.19. The molecule has 2 aliphatic carbocycles. The summed E-state index contributed by atoms with van der Waals surface area (Å²) in [6, 6.07) is 2.27. The van der Waals surface area contributed by atoms with Crippen molar-refractivity contribution in [1.82, 2.24) is 0 Å². The Bertz CT molecular complexity index is 1400. The van der Waals surface area contributed by atoms with Crippen molar-refractivity contribution in [3.8, 4) is 11.5 Å². The highest BCUT2D eigenvalue weighted by Gasteiger charge is 2.34. The van der Waals surface area contributed by atoms with E-state index in [1.165, 1.54) is 0 Å². The Labute approximate surface area is 297 Å². The summed E-state index contributed by atoms with van der Waals surface area (Å²) in [7, 11) is 0. The first kappa shape index (κ1) is 36.9. The van der Waals surface area contributed by atoms with Crippen LogP contribution in [0.5, 0.6) is 11.5 Å². The topological polar surface area (TPSA) is 105 Å². The van der Waals surface area contributed by atoms with E-state index >= 15 is 0 Å². The van der Waals surface area contributed by atoms with Crippen molar-refractivity contribution in [3.05, 3.63) is 53.4 Å². The predicted molar refractivity (Wildman–Crippen MR) is 177 cm³/mol. The fraction of sp³-hybridized carbons (Fsp3) is 0.500. The van der Waals surface area contributed by atoms with Gasteiger partial charge < -0.3 is 18.9 Å². The summed E-state index contributed by atoms with van der Waals surface area (Å²) in [4.78, 5) is 52.4. The maximum absolute atomic E-state index is 13.2. The van der Waals surface area contributed by atoms with Gasteiger partial charge in [-0.05, 0) is 48.6 Å². The molecule has 8 nitrogen and oxygen atoms in total. The van der Waals surface area contributed by atoms with Gasteiger partial charge in [0.25, 0.3) is 0 Å². The summed E-state index contributed by atoms with van der Waals surface area (Å²) < 4.78 is 21.5. The van der Waals surface area contributed by atoms with E-state index in [1.807, 2.05) is 0 Å². The van der Waals surface area contributed by atoms with Crippen LogP contribution in [0.1, 0.15) is 85.9 Å². The maximum Gasteiger partial charge on any atom is 0.423 e. The van der Waals surface area contributed by atoms with Crippen molar-refractivity contribution >= 4 is 93.5 Å². The van der Waals surface area contributed by atoms with Crippen LogP contribution in [-0.2, 0) is 19.1 Å². The highest BCUT2D eigenvalue weighted by molar-refractivity contribution is 6.47. The van der Waals surface area contributed by atoms with E-state index in [-0.39, 0.29) is 55.2 Å². The lowest BCUT2D eigenvalue weighted by atomic mass is 9.94. The van der Waals surface area contributed by atoms with Crippen molar-refractivity contribution in [2.75, 3.05) is 13.2 Å². The SMILES string of the molecule is CCC1CCCC1COC(=O)c1c(Cl)c(Cl)cc(Cl)c1OC(=O)C(=O)Oc1c(Cl)cc(Cl)c(Cl)c1C(=O)OCC1CCCC1CC. The zero-order chi connectivity index (χ0) is 33.7. The molecule has 46 heavy (non-hydrogen) atoms. The second-order valence-electron chi connectivity index (χ2n) is 11.4. The highest BCUT2D eigenvalue weighted by Crippen LogP contribution is 2.43. The number of halogens is 6. The fourth-order valence-corrected chi connectivity index (χ4v) is 7.68. The van der Waals surface area contributed by atoms with Gasteiger partial charge in [-0.2, -0.15) is 0 Å². The number of carbonyl (C=O) groups is 4. The Morgan fingerprint density at radius 3 is 1.28 bits per heavy atom. The third-order valence-electron chi connectivity index (χ3n) is 8.76. The van der Waals surface area contributed by atoms with Gasteiger partial charge in [-0.1, -0.05) is 122 Å². The summed E-state index contributed by atoms with van der Waals surface area (Å²) in [5.74, 6) is -5.16. The quantitative estimate of drug-likeness (QED) is 0.102. The molecule has 4 atom stereocenters. The molecule has 0 heterocycles. The second kappa shape index (κ2) is 16.4. The predicted octanol–water partition coefficient (Wildman–Crippen LogP) is 10.1. The number of rotatable bonds is 10. The van der Waals surface area contributed by atoms with E-state index in [2.05, 4.69) is 13.8 Å². The first-order valence-electron chi connectivity index (χ1n) is 15.0. The minimum Gasteiger partial charge on any atom is -0.462 e. The number of hydrogen-bond donors (Lipinski definition) is 0. The van der Waals surface area contributed by atoms with Crippen LogP contribution < -0.4 is 9.47 Å². The molecule has 2 aliphatic rings. The number of carbonyl (C=O) groups excluding carboxylic acids is 4. The molecule has 0 bridgehead atoms. The van der Waals surface area contributed by atoms with Crippen molar-refractivity contribution in [3.63, 3.8) is 0 Å². The van der Waals surface area contributed by atoms with Crippen LogP contribution in [0.4, 0.5) is 0 Å². The van der Waals surface area contributed by atoms with Crippen LogP contribution in [0.15, 0.2) is 12.1 Å². The zero-order valence-corrected chi connectivity index (χ0v) is 29.6. The van der Waals surface area contributed by atoms with E-state index in [9.17, 15) is 19.2 Å². The van der Waals surface area contributed by atoms with Crippen molar-refractivity contribution < 1.29 is 38.1 Å². The maximum atomic E-state index is 13.2. The van der Waals surface area contributed by atoms with E-state index in [4.69, 9.17) is 88.6 Å². The summed E-state index contributed by atoms with van der Waals surface area (Å²) in [5, 5.41) is -1.41. The monoisotopic (exact) mass is 754 g/mol. The summed E-state index contributed by atoms with van der Waals surface area (Å²) in [6.45, 7) is 4.37. The van der Waals surface area contributed by atoms with Crippen LogP contribution in [0, 0.1) is 23.7 Å². The molecule has 0 radical (unpaired) electrons. The normalized spacial score (nSPS) is 20.8. The number of hydrogen-bond acceptors (Lipinski definition) is 8. The van der Waals surface area contributed by atoms with Crippen LogP contribution in [-0.4, -0.2) is 37.1 Å². The average molecular weight is 757 g/mol. The number of esters is 4. The molecular weight excluding hydrogens is 725 g/mol. The van der Waals surface area contributed by atoms with Gasteiger partial charge in [0.05, 0.1) is 43.3 Å². The molecule has 2 aromatic rings. The van der Waals surface area contributed by atoms with Crippen molar-refractivity contribution in [2.24, 2.45) is 23.7 Å². The largest absolute Gasteiger partial charge is 0.462 e. The van der Waals surface area contributed by atoms with Gasteiger partial charge >= 0.3 is 23.9 Å². The van der Waals surface area contributed by atoms with Crippen molar-refractivity contribution in [2.45, 2.75) is 65.2 Å². The van der Waals surface area contributed by atoms with E-state index in [0.717, 1.165) is 63.5 Å². The molecule has 0 amide bonds. The minimum absolute atomic E-state index is 0.109. The lowest BCUT2D eigenvalue weighted by molar-refractivity contribution is -0.156. The highest BCUT2D eigenvalue weighted by atomic mass is 35.5. The molecule has 0 spiro atoms. The van der Waals surface area contributed by atoms with Crippen LogP contribution in [0.2, 0.25) is 30.1 Å². The van der Waals surface area contributed by atoms with E-state index in [0.29, 0.717) is 11.8 Å². The van der Waals surface area contributed by atoms with Crippen LogP contribution in [0.25, 0.3) is 0 Å². The number of ether oxygens (including phenoxy) is 4. The van der Waals surface area contributed by atoms with Gasteiger partial charge in [-0.3, -0.25) is 0 Å². The third-order valence-corrected chi connectivity index (χ3v) is 10.9. The lowest BCUT2D eigenvalue weighted by Crippen LogP contribution is -2.28. The molecule has 4 unspecified atom stereocenters. The van der Waals surface area contributed by atoms with Gasteiger partial charge in [0, 0.05) is 0 Å². The minimum atomic E-state index is -1.63. The molecule has 4 rings (SSSR count). The summed E-state index contributed by atoms with van der Waals surface area (Å²) in [6.07, 6.45) is 7.81. The molecule has 0 aromatic heterocycles. The molecular formula is C32H32Cl6O8. The second-order valence-corrected chi connectivity index (χ2v) is 13.8. The van der Waals surface area contributed by atoms with Crippen LogP contribution in [0.3, 0.4) is 0 Å². The molecule has 2 saturated carbocycles. The summed E-state index contributed by atoms with van der Waals surface area (Å²) >= 11 is 37.5. The van der Waals surface area contributed by atoms with Gasteiger partial charge in [0.1, 0.15) is 11.1 Å². The summed E-state index contributed by atoms with van der Waals surface area (Å²) in [5.41, 5.74) is -0.888. The first-order valence-corrected chi connectivity index (χ1v) is 17.3. The standard InChI is InChI=1S/C32H32Cl6O8/c1-3-15-7-5-9-17(15)13-43-29(39)23-25(37)19(33)11-21(35)27(23)45-31(41)32(42)46-28-22(36)12-20(34)26(38)24(28)30(40)44-14-18-10-6-8-16(18)4-2/h11-12,15-18H,3-10,13-14H2,1-2H3. The van der Waals surface area contributed by atoms with E-state index < -0.39 is 46.5 Å². The average Bonchev–Trinajstić information content (AvgIpc) is 3.69. The molecule has 0 N–H and O–H groups in total. The van der Waals surface area contributed by atoms with E-state index in [1.54, 1.807) is 0 Å². The van der Waals surface area contributed by atoms with Gasteiger partial charge in [-0.15, -0.1) is 0 Å². The van der Waals surface area contributed by atoms with Gasteiger partial charge in [0.15, 0.2) is 11.5 Å². The Kier molecular flexibility index (Phi) is 13.2. The Morgan fingerprint density at radius 2 is 0.935 bits per heavy atom. The molecule has 2 aromatic carbocycles. The van der Waals surface area contributed by atoms with Crippen molar-refractivity contribution in [1.29, 1.82) is 0 Å².